The van der Waals surface area contributed by atoms with Gasteiger partial charge in [-0.1, -0.05) is 6.92 Å². The zero-order valence-corrected chi connectivity index (χ0v) is 11.8. The normalized spacial score (nSPS) is 16.2. The van der Waals surface area contributed by atoms with Gasteiger partial charge in [-0.2, -0.15) is 0 Å². The van der Waals surface area contributed by atoms with E-state index in [1.807, 2.05) is 6.07 Å². The van der Waals surface area contributed by atoms with Crippen molar-refractivity contribution in [3.63, 3.8) is 0 Å². The third kappa shape index (κ3) is 4.35. The zero-order valence-electron chi connectivity index (χ0n) is 11.8. The van der Waals surface area contributed by atoms with E-state index in [9.17, 15) is 0 Å². The molecule has 1 atom stereocenters. The predicted molar refractivity (Wildman–Crippen MR) is 77.5 cm³/mol. The number of rotatable bonds is 8. The highest BCUT2D eigenvalue weighted by Gasteiger charge is 2.27. The summed E-state index contributed by atoms with van der Waals surface area (Å²) in [5, 5.41) is 15.5. The van der Waals surface area contributed by atoms with Crippen molar-refractivity contribution >= 4 is 11.6 Å². The van der Waals surface area contributed by atoms with Crippen LogP contribution in [-0.2, 0) is 0 Å². The summed E-state index contributed by atoms with van der Waals surface area (Å²) < 4.78 is 0. The van der Waals surface area contributed by atoms with Crippen LogP contribution in [-0.4, -0.2) is 34.8 Å². The summed E-state index contributed by atoms with van der Waals surface area (Å²) in [7, 11) is 0. The maximum absolute atomic E-state index is 8.91. The molecule has 0 aliphatic heterocycles. The Bertz CT molecular complexity index is 406. The van der Waals surface area contributed by atoms with Crippen LogP contribution in [0.5, 0.6) is 0 Å². The van der Waals surface area contributed by atoms with E-state index in [4.69, 9.17) is 5.11 Å². The van der Waals surface area contributed by atoms with Crippen LogP contribution in [0.3, 0.4) is 0 Å². The maximum atomic E-state index is 8.91. The molecule has 0 saturated heterocycles. The summed E-state index contributed by atoms with van der Waals surface area (Å²) in [6.07, 6.45) is 3.22. The van der Waals surface area contributed by atoms with E-state index in [0.29, 0.717) is 11.8 Å². The van der Waals surface area contributed by atoms with Gasteiger partial charge in [0.1, 0.15) is 17.5 Å². The minimum atomic E-state index is 0.239. The summed E-state index contributed by atoms with van der Waals surface area (Å²) >= 11 is 0. The van der Waals surface area contributed by atoms with Crippen molar-refractivity contribution in [3.8, 4) is 0 Å². The number of nitrogens with one attached hydrogen (secondary N) is 2. The van der Waals surface area contributed by atoms with Gasteiger partial charge in [-0.25, -0.2) is 9.97 Å². The van der Waals surface area contributed by atoms with E-state index in [1.54, 1.807) is 0 Å². The predicted octanol–water partition coefficient (Wildman–Crippen LogP) is 2.22. The van der Waals surface area contributed by atoms with Crippen LogP contribution in [0.2, 0.25) is 0 Å². The fourth-order valence-electron chi connectivity index (χ4n) is 1.95. The lowest BCUT2D eigenvalue weighted by molar-refractivity contribution is 0.266. The number of hydrogen-bond donors (Lipinski definition) is 3. The second-order valence-corrected chi connectivity index (χ2v) is 5.30. The van der Waals surface area contributed by atoms with Crippen LogP contribution in [0.4, 0.5) is 11.6 Å². The number of aliphatic hydroxyl groups excluding tert-OH is 1. The summed E-state index contributed by atoms with van der Waals surface area (Å²) in [5.41, 5.74) is 0. The van der Waals surface area contributed by atoms with Gasteiger partial charge in [0, 0.05) is 31.7 Å². The van der Waals surface area contributed by atoms with Crippen molar-refractivity contribution in [2.75, 3.05) is 30.3 Å². The molecule has 19 heavy (non-hydrogen) atoms. The highest BCUT2D eigenvalue weighted by atomic mass is 16.3. The molecular weight excluding hydrogens is 240 g/mol. The molecular formula is C14H24N4O. The number of hydrogen-bond acceptors (Lipinski definition) is 5. The maximum Gasteiger partial charge on any atom is 0.136 e. The van der Waals surface area contributed by atoms with Gasteiger partial charge >= 0.3 is 0 Å². The van der Waals surface area contributed by atoms with Gasteiger partial charge in [0.15, 0.2) is 0 Å². The van der Waals surface area contributed by atoms with Gasteiger partial charge in [0.2, 0.25) is 0 Å². The molecule has 0 aromatic carbocycles. The van der Waals surface area contributed by atoms with Crippen LogP contribution >= 0.6 is 0 Å². The van der Waals surface area contributed by atoms with Crippen LogP contribution in [0.1, 0.15) is 44.9 Å². The van der Waals surface area contributed by atoms with Crippen molar-refractivity contribution in [1.29, 1.82) is 0 Å². The van der Waals surface area contributed by atoms with Gasteiger partial charge in [0.25, 0.3) is 0 Å². The second-order valence-electron chi connectivity index (χ2n) is 5.30. The van der Waals surface area contributed by atoms with Crippen molar-refractivity contribution in [2.45, 2.75) is 39.0 Å². The zero-order chi connectivity index (χ0) is 13.7. The van der Waals surface area contributed by atoms with E-state index in [2.05, 4.69) is 34.4 Å². The molecule has 1 aromatic rings. The Morgan fingerprint density at radius 3 is 2.58 bits per heavy atom. The molecule has 1 aliphatic carbocycles. The minimum absolute atomic E-state index is 0.239. The van der Waals surface area contributed by atoms with Gasteiger partial charge in [-0.3, -0.25) is 0 Å². The first kappa shape index (κ1) is 14.1. The summed E-state index contributed by atoms with van der Waals surface area (Å²) in [5.74, 6) is 3.73. The third-order valence-electron chi connectivity index (χ3n) is 3.30. The molecule has 1 aromatic heterocycles. The van der Waals surface area contributed by atoms with E-state index in [0.717, 1.165) is 37.0 Å². The fourth-order valence-corrected chi connectivity index (χ4v) is 1.95. The minimum Gasteiger partial charge on any atom is -0.396 e. The number of nitrogens with zero attached hydrogens (tertiary/aromatic N) is 2. The first-order chi connectivity index (χ1) is 9.22. The van der Waals surface area contributed by atoms with Crippen LogP contribution in [0.25, 0.3) is 0 Å². The molecule has 0 spiro atoms. The van der Waals surface area contributed by atoms with E-state index >= 15 is 0 Å². The standard InChI is InChI=1S/C14H24N4O/c1-3-15-12-8-13(16-9-10(2)6-7-19)18-14(17-12)11-4-5-11/h8,10-11,19H,3-7,9H2,1-2H3,(H2,15,16,17,18). The Morgan fingerprint density at radius 1 is 1.32 bits per heavy atom. The molecule has 1 aliphatic rings. The van der Waals surface area contributed by atoms with Gasteiger partial charge in [0.05, 0.1) is 0 Å². The SMILES string of the molecule is CCNc1cc(NCC(C)CCO)nc(C2CC2)n1. The third-order valence-corrected chi connectivity index (χ3v) is 3.30. The molecule has 5 heteroatoms. The quantitative estimate of drug-likeness (QED) is 0.671. The Labute approximate surface area is 114 Å². The summed E-state index contributed by atoms with van der Waals surface area (Å²) in [6.45, 7) is 6.12. The molecule has 1 unspecified atom stereocenters. The fraction of sp³-hybridized carbons (Fsp3) is 0.714. The second kappa shape index (κ2) is 6.70. The Hall–Kier alpha value is -1.36. The average Bonchev–Trinajstić information content (AvgIpc) is 3.21. The summed E-state index contributed by atoms with van der Waals surface area (Å²) in [4.78, 5) is 9.13. The van der Waals surface area contributed by atoms with Crippen molar-refractivity contribution in [1.82, 2.24) is 9.97 Å². The Morgan fingerprint density at radius 2 is 2.00 bits per heavy atom. The largest absolute Gasteiger partial charge is 0.396 e. The van der Waals surface area contributed by atoms with Gasteiger partial charge < -0.3 is 15.7 Å². The van der Waals surface area contributed by atoms with Crippen LogP contribution < -0.4 is 10.6 Å². The topological polar surface area (TPSA) is 70.1 Å². The molecule has 1 saturated carbocycles. The van der Waals surface area contributed by atoms with Gasteiger partial charge in [-0.15, -0.1) is 0 Å². The summed E-state index contributed by atoms with van der Waals surface area (Å²) in [6, 6.07) is 1.96. The number of aliphatic hydroxyl groups is 1. The highest BCUT2D eigenvalue weighted by molar-refractivity contribution is 5.48. The number of aromatic nitrogens is 2. The molecule has 106 valence electrons. The smallest absolute Gasteiger partial charge is 0.136 e. The molecule has 2 rings (SSSR count). The van der Waals surface area contributed by atoms with Gasteiger partial charge in [-0.05, 0) is 32.1 Å². The first-order valence-electron chi connectivity index (χ1n) is 7.20. The lowest BCUT2D eigenvalue weighted by Crippen LogP contribution is -2.14. The molecule has 1 fully saturated rings. The molecule has 0 bridgehead atoms. The average molecular weight is 264 g/mol. The molecule has 1 heterocycles. The monoisotopic (exact) mass is 264 g/mol. The Kier molecular flexibility index (Phi) is 4.96. The van der Waals surface area contributed by atoms with E-state index in [1.165, 1.54) is 12.8 Å². The molecule has 3 N–H and O–H groups in total. The van der Waals surface area contributed by atoms with Crippen LogP contribution in [0, 0.1) is 5.92 Å². The van der Waals surface area contributed by atoms with Crippen molar-refractivity contribution in [3.05, 3.63) is 11.9 Å². The lowest BCUT2D eigenvalue weighted by Gasteiger charge is -2.13. The highest BCUT2D eigenvalue weighted by Crippen LogP contribution is 2.38. The van der Waals surface area contributed by atoms with Crippen LogP contribution in [0.15, 0.2) is 6.07 Å². The molecule has 5 nitrogen and oxygen atoms in total. The van der Waals surface area contributed by atoms with Crippen molar-refractivity contribution < 1.29 is 5.11 Å². The Balaban J connectivity index is 2.01. The number of anilines is 2. The van der Waals surface area contributed by atoms with E-state index < -0.39 is 0 Å². The lowest BCUT2D eigenvalue weighted by atomic mass is 10.1. The van der Waals surface area contributed by atoms with E-state index in [-0.39, 0.29) is 6.61 Å². The molecule has 0 amide bonds. The first-order valence-corrected chi connectivity index (χ1v) is 7.20. The van der Waals surface area contributed by atoms with Crippen molar-refractivity contribution in [2.24, 2.45) is 5.92 Å². The molecule has 0 radical (unpaired) electrons.